The van der Waals surface area contributed by atoms with Gasteiger partial charge < -0.3 is 0 Å². The average molecular weight is 553 g/mol. The Morgan fingerprint density at radius 3 is 1.68 bits per heavy atom. The Labute approximate surface area is 226 Å². The molecule has 38 heavy (non-hydrogen) atoms. The molecule has 2 saturated carbocycles. The first-order valence-electron chi connectivity index (χ1n) is 13.3. The van der Waals surface area contributed by atoms with E-state index in [0.29, 0.717) is 12.8 Å². The van der Waals surface area contributed by atoms with E-state index < -0.39 is 33.9 Å². The van der Waals surface area contributed by atoms with Crippen LogP contribution in [0, 0.1) is 16.7 Å². The van der Waals surface area contributed by atoms with E-state index in [1.807, 2.05) is 105 Å². The van der Waals surface area contributed by atoms with Gasteiger partial charge in [0.15, 0.2) is 0 Å². The molecule has 0 radical (unpaired) electrons. The summed E-state index contributed by atoms with van der Waals surface area (Å²) in [6, 6.07) is 28.4. The number of Topliss-reactive ketones (excluding diaryl/α,β-unsaturated/α-hetero) is 1. The third-order valence-corrected chi connectivity index (χ3v) is 17.8. The van der Waals surface area contributed by atoms with Gasteiger partial charge in [-0.1, -0.05) is 0 Å². The van der Waals surface area contributed by atoms with Gasteiger partial charge in [0.25, 0.3) is 0 Å². The van der Waals surface area contributed by atoms with Crippen LogP contribution in [0.15, 0.2) is 91.0 Å². The van der Waals surface area contributed by atoms with Gasteiger partial charge in [0.05, 0.1) is 0 Å². The first kappa shape index (κ1) is 27.2. The summed E-state index contributed by atoms with van der Waals surface area (Å²) in [4.78, 5) is 13.3. The zero-order valence-corrected chi connectivity index (χ0v) is 24.0. The van der Waals surface area contributed by atoms with Crippen molar-refractivity contribution in [2.24, 2.45) is 16.7 Å². The third-order valence-electron chi connectivity index (χ3n) is 9.36. The summed E-state index contributed by atoms with van der Waals surface area (Å²) in [7, 11) is -4.29. The van der Waals surface area contributed by atoms with Crippen molar-refractivity contribution in [1.82, 2.24) is 0 Å². The zero-order chi connectivity index (χ0) is 27.3. The Morgan fingerprint density at radius 1 is 0.895 bits per heavy atom. The summed E-state index contributed by atoms with van der Waals surface area (Å²) in [6.07, 6.45) is 1.04. The molecule has 0 amide bonds. The molecule has 0 spiro atoms. The molecule has 2 aliphatic rings. The van der Waals surface area contributed by atoms with Crippen LogP contribution in [-0.4, -0.2) is 37.3 Å². The summed E-state index contributed by atoms with van der Waals surface area (Å²) in [5.74, 6) is -0.136. The summed E-state index contributed by atoms with van der Waals surface area (Å²) in [5, 5.41) is 13.2. The Bertz CT molecular complexity index is 1320. The van der Waals surface area contributed by atoms with Crippen LogP contribution >= 0.6 is 6.83 Å². The molecule has 2 aliphatic carbocycles. The van der Waals surface area contributed by atoms with E-state index in [4.69, 9.17) is 3.97 Å². The second-order valence-electron chi connectivity index (χ2n) is 11.7. The standard InChI is InChI=1S/C31H37O5PS/c1-24(32)22-37(26-13-7-4-8-14-26,27-15-9-5-10-16-27,28-17-11-6-12-18-28)36-38(34,35)23-31-20-19-25(21-29(31)33)30(31,2)3/h4-18,24-25,32H,19-23H2,1-3H3/t24?,25-,31-/m1/s1. The van der Waals surface area contributed by atoms with Gasteiger partial charge >= 0.3 is 227 Å². The molecule has 3 atom stereocenters. The fourth-order valence-electron chi connectivity index (χ4n) is 7.34. The average Bonchev–Trinajstić information content (AvgIpc) is 3.23. The van der Waals surface area contributed by atoms with Gasteiger partial charge in [0.2, 0.25) is 0 Å². The van der Waals surface area contributed by atoms with E-state index in [0.717, 1.165) is 22.3 Å². The van der Waals surface area contributed by atoms with E-state index in [1.54, 1.807) is 6.92 Å². The van der Waals surface area contributed by atoms with Crippen LogP contribution in [0.2, 0.25) is 0 Å². The molecule has 2 bridgehead atoms. The van der Waals surface area contributed by atoms with Crippen LogP contribution in [0.25, 0.3) is 0 Å². The van der Waals surface area contributed by atoms with E-state index in [-0.39, 0.29) is 23.6 Å². The van der Waals surface area contributed by atoms with E-state index in [9.17, 15) is 18.3 Å². The number of aliphatic hydroxyl groups excluding tert-OH is 1. The number of aliphatic hydroxyl groups is 1. The van der Waals surface area contributed by atoms with Crippen molar-refractivity contribution < 1.29 is 22.3 Å². The Balaban J connectivity index is 1.81. The minimum atomic E-state index is -4.33. The Hall–Kier alpha value is -2.37. The first-order valence-corrected chi connectivity index (χ1v) is 17.2. The number of hydrogen-bond acceptors (Lipinski definition) is 5. The number of hydrogen-bond donors (Lipinski definition) is 1. The third kappa shape index (κ3) is 3.92. The maximum absolute atomic E-state index is 14.5. The topological polar surface area (TPSA) is 80.7 Å². The second kappa shape index (κ2) is 9.38. The van der Waals surface area contributed by atoms with Gasteiger partial charge in [-0.25, -0.2) is 0 Å². The van der Waals surface area contributed by atoms with Crippen molar-refractivity contribution in [3.8, 4) is 0 Å². The summed E-state index contributed by atoms with van der Waals surface area (Å²) in [5.41, 5.74) is -1.39. The van der Waals surface area contributed by atoms with Crippen LogP contribution in [0.4, 0.5) is 0 Å². The molecule has 5 rings (SSSR count). The van der Waals surface area contributed by atoms with Crippen molar-refractivity contribution in [3.05, 3.63) is 91.0 Å². The van der Waals surface area contributed by atoms with Crippen LogP contribution in [0.1, 0.15) is 40.0 Å². The molecule has 0 aromatic heterocycles. The summed E-state index contributed by atoms with van der Waals surface area (Å²) >= 11 is 0. The molecule has 3 aromatic rings. The van der Waals surface area contributed by atoms with Crippen LogP contribution in [-0.2, 0) is 18.9 Å². The van der Waals surface area contributed by atoms with Gasteiger partial charge in [-0.2, -0.15) is 0 Å². The van der Waals surface area contributed by atoms with Gasteiger partial charge in [-0.05, 0) is 0 Å². The van der Waals surface area contributed by atoms with Crippen molar-refractivity contribution in [2.75, 3.05) is 11.9 Å². The van der Waals surface area contributed by atoms with E-state index in [2.05, 4.69) is 0 Å². The molecule has 3 aromatic carbocycles. The Kier molecular flexibility index (Phi) is 6.71. The summed E-state index contributed by atoms with van der Waals surface area (Å²) < 4.78 is 35.8. The number of fused-ring (bicyclic) bond motifs is 2. The number of benzene rings is 3. The van der Waals surface area contributed by atoms with Gasteiger partial charge in [0, 0.05) is 0 Å². The number of rotatable bonds is 9. The maximum atomic E-state index is 14.5. The van der Waals surface area contributed by atoms with Gasteiger partial charge in [0.1, 0.15) is 0 Å². The Morgan fingerprint density at radius 2 is 1.34 bits per heavy atom. The minimum absolute atomic E-state index is 0.0286. The quantitative estimate of drug-likeness (QED) is 0.394. The fraction of sp³-hybridized carbons (Fsp3) is 0.387. The van der Waals surface area contributed by atoms with Crippen molar-refractivity contribution >= 4 is 38.6 Å². The molecule has 202 valence electrons. The molecule has 7 heteroatoms. The molecule has 2 fully saturated rings. The van der Waals surface area contributed by atoms with Crippen molar-refractivity contribution in [1.29, 1.82) is 0 Å². The molecule has 1 unspecified atom stereocenters. The summed E-state index contributed by atoms with van der Waals surface area (Å²) in [6.45, 7) is 1.42. The molecule has 0 aliphatic heterocycles. The molecule has 0 heterocycles. The monoisotopic (exact) mass is 552 g/mol. The predicted molar refractivity (Wildman–Crippen MR) is 155 cm³/mol. The van der Waals surface area contributed by atoms with Crippen LogP contribution in [0.3, 0.4) is 0 Å². The number of carbonyl (C=O) groups excluding carboxylic acids is 1. The zero-order valence-electron chi connectivity index (χ0n) is 22.3. The van der Waals surface area contributed by atoms with Crippen molar-refractivity contribution in [3.63, 3.8) is 0 Å². The first-order chi connectivity index (χ1) is 18.0. The molecule has 1 N–H and O–H groups in total. The molecule has 0 saturated heterocycles. The van der Waals surface area contributed by atoms with Gasteiger partial charge in [-0.15, -0.1) is 0 Å². The number of carbonyl (C=O) groups is 1. The van der Waals surface area contributed by atoms with Gasteiger partial charge in [-0.3, -0.25) is 0 Å². The van der Waals surface area contributed by atoms with Crippen molar-refractivity contribution in [2.45, 2.75) is 46.1 Å². The van der Waals surface area contributed by atoms with Crippen LogP contribution < -0.4 is 15.9 Å². The SMILES string of the molecule is CC(O)CP(OS(=O)(=O)C[C@]12CC[C@H](CC1=O)C2(C)C)(c1ccccc1)(c1ccccc1)c1ccccc1. The molecular formula is C31H37O5PS. The fourth-order valence-corrected chi connectivity index (χ4v) is 17.1. The number of ketones is 1. The second-order valence-corrected chi connectivity index (χ2v) is 18.0. The normalized spacial score (nSPS) is 24.6. The molecular weight excluding hydrogens is 515 g/mol. The molecule has 5 nitrogen and oxygen atoms in total. The van der Waals surface area contributed by atoms with Crippen LogP contribution in [0.5, 0.6) is 0 Å². The van der Waals surface area contributed by atoms with E-state index >= 15 is 0 Å². The predicted octanol–water partition coefficient (Wildman–Crippen LogP) is 4.55. The van der Waals surface area contributed by atoms with E-state index in [1.165, 1.54) is 0 Å².